The summed E-state index contributed by atoms with van der Waals surface area (Å²) < 4.78 is 36.7. The van der Waals surface area contributed by atoms with Gasteiger partial charge in [0.05, 0.1) is 4.90 Å². The van der Waals surface area contributed by atoms with E-state index < -0.39 is 21.5 Å². The van der Waals surface area contributed by atoms with Crippen LogP contribution < -0.4 is 10.5 Å². The van der Waals surface area contributed by atoms with E-state index in [1.165, 1.54) is 64.2 Å². The van der Waals surface area contributed by atoms with E-state index >= 15 is 0 Å². The van der Waals surface area contributed by atoms with E-state index in [9.17, 15) is 13.2 Å². The first-order valence-electron chi connectivity index (χ1n) is 17.2. The van der Waals surface area contributed by atoms with Crippen molar-refractivity contribution >= 4 is 16.1 Å². The van der Waals surface area contributed by atoms with Crippen molar-refractivity contribution < 1.29 is 17.9 Å². The molecule has 0 atom stereocenters. The highest BCUT2D eigenvalue weighted by molar-refractivity contribution is 7.89. The van der Waals surface area contributed by atoms with Crippen molar-refractivity contribution in [1.82, 2.24) is 4.31 Å². The topological polar surface area (TPSA) is 89.7 Å². The predicted molar refractivity (Wildman–Crippen MR) is 183 cm³/mol. The molecular formula is C36H66N2O4S. The Kier molecular flexibility index (Phi) is 17.5. The zero-order valence-corrected chi connectivity index (χ0v) is 30.2. The lowest BCUT2D eigenvalue weighted by molar-refractivity contribution is 0.208. The lowest BCUT2D eigenvalue weighted by Gasteiger charge is -2.33. The molecule has 1 rings (SSSR count). The van der Waals surface area contributed by atoms with Gasteiger partial charge in [-0.3, -0.25) is 0 Å². The first kappa shape index (κ1) is 39.4. The van der Waals surface area contributed by atoms with E-state index in [2.05, 4.69) is 13.8 Å². The fourth-order valence-electron chi connectivity index (χ4n) is 5.89. The van der Waals surface area contributed by atoms with E-state index in [1.807, 2.05) is 54.5 Å². The van der Waals surface area contributed by atoms with Crippen molar-refractivity contribution in [3.63, 3.8) is 0 Å². The molecule has 0 heterocycles. The fourth-order valence-corrected chi connectivity index (χ4v) is 8.00. The molecule has 0 bridgehead atoms. The van der Waals surface area contributed by atoms with E-state index in [4.69, 9.17) is 10.5 Å². The fraction of sp³-hybridized carbons (Fsp3) is 0.806. The molecule has 0 aliphatic rings. The number of aryl methyl sites for hydroxylation is 1. The van der Waals surface area contributed by atoms with Gasteiger partial charge in [-0.15, -0.1) is 0 Å². The zero-order chi connectivity index (χ0) is 32.7. The minimum absolute atomic E-state index is 0.267. The third-order valence-corrected chi connectivity index (χ3v) is 10.4. The normalized spacial score (nSPS) is 12.7. The first-order valence-corrected chi connectivity index (χ1v) is 18.7. The van der Waals surface area contributed by atoms with E-state index in [0.717, 1.165) is 44.1 Å². The molecule has 6 nitrogen and oxygen atoms in total. The van der Waals surface area contributed by atoms with Crippen LogP contribution in [0.2, 0.25) is 0 Å². The largest absolute Gasteiger partial charge is 0.410 e. The molecule has 0 saturated carbocycles. The highest BCUT2D eigenvalue weighted by atomic mass is 32.2. The summed E-state index contributed by atoms with van der Waals surface area (Å²) in [7, 11) is -3.87. The molecule has 0 radical (unpaired) electrons. The molecule has 0 aliphatic heterocycles. The monoisotopic (exact) mass is 622 g/mol. The van der Waals surface area contributed by atoms with Crippen LogP contribution in [-0.4, -0.2) is 31.9 Å². The number of ether oxygens (including phenoxy) is 1. The van der Waals surface area contributed by atoms with Crippen molar-refractivity contribution in [3.8, 4) is 5.75 Å². The number of benzene rings is 1. The molecule has 43 heavy (non-hydrogen) atoms. The van der Waals surface area contributed by atoms with Crippen LogP contribution in [0.1, 0.15) is 175 Å². The second-order valence-electron chi connectivity index (χ2n) is 14.5. The SMILES string of the molecule is CCCCCCCCCCN(CCCCCCCCCC)S(=O)(=O)c1c(C)cc(C(C)(C)C)c(OC(N)=O)c1C(C)(C)C. The number of amides is 1. The van der Waals surface area contributed by atoms with E-state index in [-0.39, 0.29) is 16.1 Å². The third-order valence-electron chi connectivity index (χ3n) is 8.30. The van der Waals surface area contributed by atoms with Gasteiger partial charge in [-0.25, -0.2) is 13.2 Å². The molecule has 0 saturated heterocycles. The Morgan fingerprint density at radius 3 is 1.47 bits per heavy atom. The summed E-state index contributed by atoms with van der Waals surface area (Å²) in [5, 5.41) is 0. The maximum absolute atomic E-state index is 14.7. The molecule has 0 aliphatic carbocycles. The molecule has 1 aromatic carbocycles. The molecule has 2 N–H and O–H groups in total. The van der Waals surface area contributed by atoms with Crippen molar-refractivity contribution in [1.29, 1.82) is 0 Å². The maximum atomic E-state index is 14.7. The minimum atomic E-state index is -3.87. The van der Waals surface area contributed by atoms with Crippen molar-refractivity contribution in [2.75, 3.05) is 13.1 Å². The average molecular weight is 623 g/mol. The molecular weight excluding hydrogens is 556 g/mol. The summed E-state index contributed by atoms with van der Waals surface area (Å²) >= 11 is 0. The Hall–Kier alpha value is -1.60. The second-order valence-corrected chi connectivity index (χ2v) is 16.4. The second kappa shape index (κ2) is 19.0. The quantitative estimate of drug-likeness (QED) is 0.138. The molecule has 1 aromatic rings. The molecule has 0 fully saturated rings. The number of rotatable bonds is 21. The zero-order valence-electron chi connectivity index (χ0n) is 29.4. The maximum Gasteiger partial charge on any atom is 0.409 e. The van der Waals surface area contributed by atoms with Gasteiger partial charge in [-0.2, -0.15) is 4.31 Å². The third kappa shape index (κ3) is 13.5. The highest BCUT2D eigenvalue weighted by Gasteiger charge is 2.38. The lowest BCUT2D eigenvalue weighted by Crippen LogP contribution is -2.36. The standard InChI is InChI=1S/C36H66N2O4S/c1-10-12-14-16-18-20-22-24-26-38(27-25-23-21-19-17-15-13-11-2)43(40,41)33-29(3)28-30(35(4,5)6)32(42-34(37)39)31(33)36(7,8)9/h28H,10-27H2,1-9H3,(H2,37,39). The van der Waals surface area contributed by atoms with Crippen LogP contribution in [0, 0.1) is 6.92 Å². The van der Waals surface area contributed by atoms with Crippen molar-refractivity contribution in [3.05, 3.63) is 22.8 Å². The highest BCUT2D eigenvalue weighted by Crippen LogP contribution is 2.45. The van der Waals surface area contributed by atoms with Crippen LogP contribution in [0.25, 0.3) is 0 Å². The number of unbranched alkanes of at least 4 members (excludes halogenated alkanes) is 14. The molecule has 250 valence electrons. The van der Waals surface area contributed by atoms with Gasteiger partial charge in [0, 0.05) is 24.2 Å². The van der Waals surface area contributed by atoms with Crippen LogP contribution in [0.5, 0.6) is 5.75 Å². The van der Waals surface area contributed by atoms with Gasteiger partial charge in [0.2, 0.25) is 10.0 Å². The van der Waals surface area contributed by atoms with Gasteiger partial charge < -0.3 is 10.5 Å². The van der Waals surface area contributed by atoms with Crippen LogP contribution in [0.15, 0.2) is 11.0 Å². The molecule has 1 amide bonds. The van der Waals surface area contributed by atoms with Crippen molar-refractivity contribution in [2.24, 2.45) is 5.73 Å². The number of nitrogens with zero attached hydrogens (tertiary/aromatic N) is 1. The summed E-state index contributed by atoms with van der Waals surface area (Å²) in [6, 6.07) is 1.88. The van der Waals surface area contributed by atoms with Crippen LogP contribution in [-0.2, 0) is 20.9 Å². The van der Waals surface area contributed by atoms with Crippen LogP contribution in [0.4, 0.5) is 4.79 Å². The Balaban J connectivity index is 3.40. The number of sulfonamides is 1. The van der Waals surface area contributed by atoms with Gasteiger partial charge in [-0.1, -0.05) is 151 Å². The number of carbonyl (C=O) groups is 1. The Morgan fingerprint density at radius 2 is 1.12 bits per heavy atom. The number of carbonyl (C=O) groups excluding carboxylic acids is 1. The number of primary amides is 1. The summed E-state index contributed by atoms with van der Waals surface area (Å²) in [5.41, 5.74) is 6.56. The van der Waals surface area contributed by atoms with Gasteiger partial charge in [-0.05, 0) is 36.2 Å². The summed E-state index contributed by atoms with van der Waals surface area (Å²) in [5.74, 6) is 0.288. The van der Waals surface area contributed by atoms with Gasteiger partial charge >= 0.3 is 6.09 Å². The summed E-state index contributed by atoms with van der Waals surface area (Å²) in [4.78, 5) is 12.4. The average Bonchev–Trinajstić information content (AvgIpc) is 2.89. The smallest absolute Gasteiger partial charge is 0.409 e. The first-order chi connectivity index (χ1) is 20.1. The Bertz CT molecular complexity index is 1050. The minimum Gasteiger partial charge on any atom is -0.410 e. The number of hydrogen-bond donors (Lipinski definition) is 1. The Morgan fingerprint density at radius 1 is 0.721 bits per heavy atom. The molecule has 0 aromatic heterocycles. The van der Waals surface area contributed by atoms with Crippen LogP contribution >= 0.6 is 0 Å². The molecule has 0 spiro atoms. The van der Waals surface area contributed by atoms with Gasteiger partial charge in [0.1, 0.15) is 5.75 Å². The lowest BCUT2D eigenvalue weighted by atomic mass is 9.78. The number of nitrogens with two attached hydrogens (primary N) is 1. The van der Waals surface area contributed by atoms with Gasteiger partial charge in [0.25, 0.3) is 0 Å². The molecule has 7 heteroatoms. The Labute approximate surface area is 266 Å². The molecule has 0 unspecified atom stereocenters. The van der Waals surface area contributed by atoms with E-state index in [0.29, 0.717) is 24.2 Å². The van der Waals surface area contributed by atoms with E-state index in [1.54, 1.807) is 4.31 Å². The number of hydrogen-bond acceptors (Lipinski definition) is 4. The predicted octanol–water partition coefficient (Wildman–Crippen LogP) is 10.3. The van der Waals surface area contributed by atoms with Crippen molar-refractivity contribution in [2.45, 2.75) is 181 Å². The van der Waals surface area contributed by atoms with Gasteiger partial charge in [0.15, 0.2) is 0 Å². The van der Waals surface area contributed by atoms with Crippen LogP contribution in [0.3, 0.4) is 0 Å². The summed E-state index contributed by atoms with van der Waals surface area (Å²) in [6.45, 7) is 19.4. The summed E-state index contributed by atoms with van der Waals surface area (Å²) in [6.07, 6.45) is 17.6.